The molecule has 1 N–H and O–H groups in total. The average molecular weight is 415 g/mol. The van der Waals surface area contributed by atoms with E-state index in [1.165, 1.54) is 12.3 Å². The predicted molar refractivity (Wildman–Crippen MR) is 115 cm³/mol. The summed E-state index contributed by atoms with van der Waals surface area (Å²) in [6.07, 6.45) is 4.57. The van der Waals surface area contributed by atoms with E-state index in [9.17, 15) is 9.28 Å². The Bertz CT molecular complexity index is 1400. The fourth-order valence-electron chi connectivity index (χ4n) is 3.38. The molecular weight excluding hydrogens is 397 g/mol. The average Bonchev–Trinajstić information content (AvgIpc) is 3.59. The van der Waals surface area contributed by atoms with Gasteiger partial charge in [-0.2, -0.15) is 0 Å². The minimum atomic E-state index is -0.555. The van der Waals surface area contributed by atoms with Crippen LogP contribution >= 0.6 is 0 Å². The van der Waals surface area contributed by atoms with E-state index in [0.29, 0.717) is 35.0 Å². The number of hydrogen-bond donors (Lipinski definition) is 1. The normalized spacial score (nSPS) is 13.1. The molecule has 0 radical (unpaired) electrons. The van der Waals surface area contributed by atoms with Crippen LogP contribution in [0, 0.1) is 17.8 Å². The van der Waals surface area contributed by atoms with Crippen molar-refractivity contribution in [3.05, 3.63) is 47.8 Å². The number of hydrogen-bond acceptors (Lipinski definition) is 6. The van der Waals surface area contributed by atoms with Crippen molar-refractivity contribution in [2.45, 2.75) is 12.8 Å². The summed E-state index contributed by atoms with van der Waals surface area (Å²) in [5.41, 5.74) is 3.05. The monoisotopic (exact) mass is 415 g/mol. The molecule has 8 nitrogen and oxygen atoms in total. The first kappa shape index (κ1) is 18.9. The third kappa shape index (κ3) is 3.42. The first-order valence-corrected chi connectivity index (χ1v) is 9.83. The van der Waals surface area contributed by atoms with Crippen molar-refractivity contribution in [2.75, 3.05) is 17.5 Å². The van der Waals surface area contributed by atoms with E-state index >= 15 is 0 Å². The molecule has 1 aromatic carbocycles. The molecule has 1 aliphatic carbocycles. The van der Waals surface area contributed by atoms with Gasteiger partial charge in [0.1, 0.15) is 11.3 Å². The maximum Gasteiger partial charge on any atom is 0.259 e. The molecule has 5 rings (SSSR count). The molecule has 0 bridgehead atoms. The SMILES string of the molecule is CNc1ncc(C#Cc2ccc3nnn(C)c3c2)c2cc(N(F)C(=O)C3CC3)ncc12. The molecule has 1 saturated carbocycles. The number of amides is 1. The molecule has 9 heteroatoms. The topological polar surface area (TPSA) is 88.8 Å². The van der Waals surface area contributed by atoms with Crippen molar-refractivity contribution in [3.8, 4) is 11.8 Å². The van der Waals surface area contributed by atoms with E-state index in [1.54, 1.807) is 17.9 Å². The number of aryl methyl sites for hydroxylation is 1. The highest BCUT2D eigenvalue weighted by atomic mass is 19.2. The van der Waals surface area contributed by atoms with E-state index < -0.39 is 5.91 Å². The molecule has 0 unspecified atom stereocenters. The van der Waals surface area contributed by atoms with Crippen LogP contribution in [0.15, 0.2) is 36.7 Å². The molecule has 3 heterocycles. The Morgan fingerprint density at radius 3 is 2.81 bits per heavy atom. The minimum Gasteiger partial charge on any atom is -0.373 e. The van der Waals surface area contributed by atoms with Crippen LogP contribution in [-0.4, -0.2) is 37.9 Å². The molecule has 154 valence electrons. The number of anilines is 2. The van der Waals surface area contributed by atoms with Crippen LogP contribution in [0.5, 0.6) is 0 Å². The fraction of sp³-hybridized carbons (Fsp3) is 0.227. The van der Waals surface area contributed by atoms with Crippen LogP contribution in [0.1, 0.15) is 24.0 Å². The Kier molecular flexibility index (Phi) is 4.47. The summed E-state index contributed by atoms with van der Waals surface area (Å²) >= 11 is 0. The van der Waals surface area contributed by atoms with E-state index in [-0.39, 0.29) is 16.9 Å². The molecular formula is C22H18FN7O. The lowest BCUT2D eigenvalue weighted by Gasteiger charge is -2.13. The van der Waals surface area contributed by atoms with Crippen LogP contribution in [0.25, 0.3) is 21.8 Å². The zero-order valence-corrected chi connectivity index (χ0v) is 16.9. The third-order valence-corrected chi connectivity index (χ3v) is 5.27. The first-order valence-electron chi connectivity index (χ1n) is 9.83. The Morgan fingerprint density at radius 1 is 1.19 bits per heavy atom. The van der Waals surface area contributed by atoms with E-state index in [0.717, 1.165) is 16.6 Å². The number of rotatable bonds is 3. The lowest BCUT2D eigenvalue weighted by molar-refractivity contribution is -0.122. The number of nitrogens with zero attached hydrogens (tertiary/aromatic N) is 6. The van der Waals surface area contributed by atoms with Crippen molar-refractivity contribution in [3.63, 3.8) is 0 Å². The number of carbonyl (C=O) groups is 1. The number of nitrogens with one attached hydrogen (secondary N) is 1. The second-order valence-electron chi connectivity index (χ2n) is 7.42. The van der Waals surface area contributed by atoms with Crippen LogP contribution in [0.3, 0.4) is 0 Å². The largest absolute Gasteiger partial charge is 0.373 e. The van der Waals surface area contributed by atoms with Crippen molar-refractivity contribution in [1.29, 1.82) is 0 Å². The molecule has 0 spiro atoms. The summed E-state index contributed by atoms with van der Waals surface area (Å²) < 4.78 is 16.3. The Morgan fingerprint density at radius 2 is 2.03 bits per heavy atom. The van der Waals surface area contributed by atoms with Crippen molar-refractivity contribution < 1.29 is 9.28 Å². The van der Waals surface area contributed by atoms with Gasteiger partial charge in [0, 0.05) is 48.7 Å². The predicted octanol–water partition coefficient (Wildman–Crippen LogP) is 2.98. The fourth-order valence-corrected chi connectivity index (χ4v) is 3.38. The van der Waals surface area contributed by atoms with Gasteiger partial charge in [0.05, 0.1) is 11.1 Å². The second-order valence-corrected chi connectivity index (χ2v) is 7.42. The van der Waals surface area contributed by atoms with Gasteiger partial charge in [0.25, 0.3) is 5.91 Å². The summed E-state index contributed by atoms with van der Waals surface area (Å²) in [7, 11) is 3.57. The van der Waals surface area contributed by atoms with E-state index in [4.69, 9.17) is 0 Å². The van der Waals surface area contributed by atoms with Gasteiger partial charge in [0.2, 0.25) is 0 Å². The lowest BCUT2D eigenvalue weighted by atomic mass is 10.1. The third-order valence-electron chi connectivity index (χ3n) is 5.27. The highest BCUT2D eigenvalue weighted by molar-refractivity contribution is 5.99. The summed E-state index contributed by atoms with van der Waals surface area (Å²) in [6, 6.07) is 7.17. The van der Waals surface area contributed by atoms with Crippen molar-refractivity contribution in [1.82, 2.24) is 25.0 Å². The quantitative estimate of drug-likeness (QED) is 0.409. The number of halogens is 1. The highest BCUT2D eigenvalue weighted by Gasteiger charge is 2.35. The number of pyridine rings is 2. The van der Waals surface area contributed by atoms with Gasteiger partial charge < -0.3 is 5.32 Å². The van der Waals surface area contributed by atoms with Gasteiger partial charge in [-0.3, -0.25) is 4.79 Å². The van der Waals surface area contributed by atoms with Crippen LogP contribution in [-0.2, 0) is 11.8 Å². The summed E-state index contributed by atoms with van der Waals surface area (Å²) in [5.74, 6) is 5.99. The molecule has 1 aliphatic rings. The van der Waals surface area contributed by atoms with Crippen molar-refractivity contribution in [2.24, 2.45) is 13.0 Å². The summed E-state index contributed by atoms with van der Waals surface area (Å²) in [6.45, 7) is 0. The Labute approximate surface area is 177 Å². The highest BCUT2D eigenvalue weighted by Crippen LogP contribution is 2.34. The molecule has 1 amide bonds. The maximum absolute atomic E-state index is 14.6. The standard InChI is InChI=1S/C22H18FN7O/c1-24-21-17-12-25-20(30(23)22(31)14-6-7-14)10-16(17)15(11-26-21)5-3-13-4-8-18-19(9-13)29(2)28-27-18/h4,8-12,14H,6-7H2,1-2H3,(H,24,26). The van der Waals surface area contributed by atoms with Crippen LogP contribution in [0.2, 0.25) is 0 Å². The molecule has 3 aromatic heterocycles. The lowest BCUT2D eigenvalue weighted by Crippen LogP contribution is -2.24. The van der Waals surface area contributed by atoms with Crippen LogP contribution in [0.4, 0.5) is 16.1 Å². The number of benzene rings is 1. The Balaban J connectivity index is 1.58. The number of aromatic nitrogens is 5. The van der Waals surface area contributed by atoms with Gasteiger partial charge in [-0.25, -0.2) is 14.6 Å². The van der Waals surface area contributed by atoms with Crippen LogP contribution < -0.4 is 10.4 Å². The van der Waals surface area contributed by atoms with Gasteiger partial charge >= 0.3 is 0 Å². The first-order chi connectivity index (χ1) is 15.0. The molecule has 4 aromatic rings. The van der Waals surface area contributed by atoms with Crippen molar-refractivity contribution >= 4 is 39.3 Å². The molecule has 1 fully saturated rings. The second kappa shape index (κ2) is 7.32. The van der Waals surface area contributed by atoms with E-state index in [1.807, 2.05) is 25.2 Å². The zero-order chi connectivity index (χ0) is 21.5. The van der Waals surface area contributed by atoms with Gasteiger partial charge in [0.15, 0.2) is 5.82 Å². The number of fused-ring (bicyclic) bond motifs is 2. The summed E-state index contributed by atoms with van der Waals surface area (Å²) in [5, 5.41) is 12.6. The minimum absolute atomic E-state index is 0.0527. The van der Waals surface area contributed by atoms with Gasteiger partial charge in [-0.15, -0.1) is 10.2 Å². The zero-order valence-electron chi connectivity index (χ0n) is 16.9. The Hall–Kier alpha value is -4.06. The smallest absolute Gasteiger partial charge is 0.259 e. The van der Waals surface area contributed by atoms with E-state index in [2.05, 4.69) is 37.4 Å². The molecule has 31 heavy (non-hydrogen) atoms. The summed E-state index contributed by atoms with van der Waals surface area (Å²) in [4.78, 5) is 20.6. The maximum atomic E-state index is 14.6. The van der Waals surface area contributed by atoms with Gasteiger partial charge in [-0.1, -0.05) is 21.5 Å². The molecule has 0 aliphatic heterocycles. The molecule has 0 saturated heterocycles. The number of carbonyl (C=O) groups excluding carboxylic acids is 1. The van der Waals surface area contributed by atoms with Gasteiger partial charge in [-0.05, 0) is 37.1 Å². The molecule has 0 atom stereocenters.